The minimum absolute atomic E-state index is 0.196. The number of rotatable bonds is 4. The Labute approximate surface area is 146 Å². The van der Waals surface area contributed by atoms with E-state index in [-0.39, 0.29) is 6.61 Å². The van der Waals surface area contributed by atoms with Crippen LogP contribution in [-0.4, -0.2) is 25.8 Å². The lowest BCUT2D eigenvalue weighted by Gasteiger charge is -2.23. The van der Waals surface area contributed by atoms with E-state index in [1.54, 1.807) is 50.4 Å². The van der Waals surface area contributed by atoms with E-state index in [0.29, 0.717) is 17.1 Å². The summed E-state index contributed by atoms with van der Waals surface area (Å²) in [5, 5.41) is 3.81. The highest BCUT2D eigenvalue weighted by atomic mass is 16.6. The third-order valence-corrected chi connectivity index (χ3v) is 3.32. The van der Waals surface area contributed by atoms with E-state index in [1.807, 2.05) is 19.1 Å². The number of amides is 3. The van der Waals surface area contributed by atoms with Crippen LogP contribution in [0.3, 0.4) is 0 Å². The summed E-state index contributed by atoms with van der Waals surface area (Å²) in [4.78, 5) is 24.4. The van der Waals surface area contributed by atoms with Gasteiger partial charge in [0, 0.05) is 5.69 Å². The molecular weight excluding hydrogens is 322 g/mol. The number of methoxy groups -OCH3 is 1. The first-order chi connectivity index (χ1) is 12.0. The summed E-state index contributed by atoms with van der Waals surface area (Å²) in [7, 11) is 1.55. The van der Waals surface area contributed by atoms with Crippen molar-refractivity contribution in [1.29, 1.82) is 0 Å². The number of hydrazine groups is 1. The average molecular weight is 343 g/mol. The maximum absolute atomic E-state index is 12.6. The standard InChI is InChI=1S/C18H21N3O4/c1-4-25-18(23)20-21(15-9-11-16(24-3)12-10-15)17(22)19-14-7-5-13(2)6-8-14/h5-12H,4H2,1-3H3,(H,19,22)(H,20,23). The number of hydrogen-bond donors (Lipinski definition) is 2. The molecule has 0 fully saturated rings. The number of anilines is 2. The molecule has 0 aliphatic carbocycles. The molecule has 0 saturated carbocycles. The summed E-state index contributed by atoms with van der Waals surface area (Å²) < 4.78 is 9.96. The topological polar surface area (TPSA) is 79.9 Å². The van der Waals surface area contributed by atoms with E-state index < -0.39 is 12.1 Å². The molecule has 2 rings (SSSR count). The van der Waals surface area contributed by atoms with Crippen molar-refractivity contribution in [2.45, 2.75) is 13.8 Å². The minimum Gasteiger partial charge on any atom is -0.497 e. The van der Waals surface area contributed by atoms with Crippen LogP contribution in [0.2, 0.25) is 0 Å². The van der Waals surface area contributed by atoms with Crippen LogP contribution < -0.4 is 20.5 Å². The highest BCUT2D eigenvalue weighted by Crippen LogP contribution is 2.19. The van der Waals surface area contributed by atoms with Crippen LogP contribution in [0.1, 0.15) is 12.5 Å². The highest BCUT2D eigenvalue weighted by molar-refractivity contribution is 6.02. The second kappa shape index (κ2) is 8.58. The highest BCUT2D eigenvalue weighted by Gasteiger charge is 2.19. The Bertz CT molecular complexity index is 714. The van der Waals surface area contributed by atoms with Crippen LogP contribution in [0.4, 0.5) is 21.0 Å². The third-order valence-electron chi connectivity index (χ3n) is 3.32. The van der Waals surface area contributed by atoms with Crippen molar-refractivity contribution >= 4 is 23.5 Å². The van der Waals surface area contributed by atoms with E-state index in [9.17, 15) is 9.59 Å². The van der Waals surface area contributed by atoms with E-state index in [4.69, 9.17) is 9.47 Å². The lowest BCUT2D eigenvalue weighted by atomic mass is 10.2. The zero-order chi connectivity index (χ0) is 18.2. The maximum Gasteiger partial charge on any atom is 0.426 e. The molecule has 0 aliphatic rings. The minimum atomic E-state index is -0.725. The molecule has 0 aliphatic heterocycles. The Morgan fingerprint density at radius 3 is 2.24 bits per heavy atom. The molecule has 7 nitrogen and oxygen atoms in total. The van der Waals surface area contributed by atoms with Gasteiger partial charge in [0.2, 0.25) is 0 Å². The van der Waals surface area contributed by atoms with Gasteiger partial charge in [-0.25, -0.2) is 15.0 Å². The summed E-state index contributed by atoms with van der Waals surface area (Å²) in [6.07, 6.45) is -0.725. The number of ether oxygens (including phenoxy) is 2. The van der Waals surface area contributed by atoms with Crippen LogP contribution >= 0.6 is 0 Å². The van der Waals surface area contributed by atoms with Gasteiger partial charge in [0.15, 0.2) is 0 Å². The molecule has 0 saturated heterocycles. The molecule has 0 unspecified atom stereocenters. The zero-order valence-electron chi connectivity index (χ0n) is 14.4. The second-order valence-corrected chi connectivity index (χ2v) is 5.16. The largest absolute Gasteiger partial charge is 0.497 e. The van der Waals surface area contributed by atoms with Gasteiger partial charge < -0.3 is 14.8 Å². The maximum atomic E-state index is 12.6. The van der Waals surface area contributed by atoms with Crippen LogP contribution in [0.5, 0.6) is 5.75 Å². The lowest BCUT2D eigenvalue weighted by Crippen LogP contribution is -2.48. The van der Waals surface area contributed by atoms with Crippen LogP contribution in [-0.2, 0) is 4.74 Å². The van der Waals surface area contributed by atoms with Crippen molar-refractivity contribution in [3.8, 4) is 5.75 Å². The Morgan fingerprint density at radius 2 is 1.68 bits per heavy atom. The van der Waals surface area contributed by atoms with Gasteiger partial charge >= 0.3 is 12.1 Å². The molecule has 0 spiro atoms. The molecule has 25 heavy (non-hydrogen) atoms. The van der Waals surface area contributed by atoms with E-state index in [1.165, 1.54) is 0 Å². The number of hydrogen-bond acceptors (Lipinski definition) is 4. The van der Waals surface area contributed by atoms with Gasteiger partial charge in [0.1, 0.15) is 5.75 Å². The van der Waals surface area contributed by atoms with Crippen molar-refractivity contribution in [2.75, 3.05) is 24.0 Å². The molecule has 2 aromatic carbocycles. The molecule has 2 N–H and O–H groups in total. The van der Waals surface area contributed by atoms with Crippen LogP contribution in [0, 0.1) is 6.92 Å². The first kappa shape index (κ1) is 18.1. The summed E-state index contributed by atoms with van der Waals surface area (Å²) >= 11 is 0. The summed E-state index contributed by atoms with van der Waals surface area (Å²) in [5.74, 6) is 0.638. The predicted octanol–water partition coefficient (Wildman–Crippen LogP) is 3.70. The fourth-order valence-corrected chi connectivity index (χ4v) is 2.03. The molecule has 0 radical (unpaired) electrons. The fraction of sp³-hybridized carbons (Fsp3) is 0.222. The summed E-state index contributed by atoms with van der Waals surface area (Å²) in [5.41, 5.74) is 4.57. The van der Waals surface area contributed by atoms with Gasteiger partial charge in [-0.1, -0.05) is 17.7 Å². The molecule has 0 aromatic heterocycles. The smallest absolute Gasteiger partial charge is 0.426 e. The Balaban J connectivity index is 2.20. The molecule has 0 bridgehead atoms. The van der Waals surface area contributed by atoms with E-state index in [2.05, 4.69) is 10.7 Å². The zero-order valence-corrected chi connectivity index (χ0v) is 14.4. The molecule has 2 aromatic rings. The van der Waals surface area contributed by atoms with E-state index in [0.717, 1.165) is 10.6 Å². The SMILES string of the molecule is CCOC(=O)NN(C(=O)Nc1ccc(C)cc1)c1ccc(OC)cc1. The lowest BCUT2D eigenvalue weighted by molar-refractivity contribution is 0.151. The molecule has 3 amide bonds. The summed E-state index contributed by atoms with van der Waals surface area (Å²) in [6.45, 7) is 3.84. The second-order valence-electron chi connectivity index (χ2n) is 5.16. The molecule has 0 atom stereocenters. The first-order valence-electron chi connectivity index (χ1n) is 7.78. The molecular formula is C18H21N3O4. The third kappa shape index (κ3) is 5.13. The van der Waals surface area contributed by atoms with Crippen molar-refractivity contribution in [2.24, 2.45) is 0 Å². The number of nitrogens with zero attached hydrogens (tertiary/aromatic N) is 1. The Hall–Kier alpha value is -3.22. The molecule has 7 heteroatoms. The number of carbonyl (C=O) groups excluding carboxylic acids is 2. The number of nitrogens with one attached hydrogen (secondary N) is 2. The van der Waals surface area contributed by atoms with Gasteiger partial charge in [-0.15, -0.1) is 0 Å². The first-order valence-corrected chi connectivity index (χ1v) is 7.78. The van der Waals surface area contributed by atoms with Gasteiger partial charge in [-0.3, -0.25) is 0 Å². The Kier molecular flexibility index (Phi) is 6.22. The molecule has 132 valence electrons. The van der Waals surface area contributed by atoms with Gasteiger partial charge in [-0.05, 0) is 50.2 Å². The predicted molar refractivity (Wildman–Crippen MR) is 95.8 cm³/mol. The monoisotopic (exact) mass is 343 g/mol. The van der Waals surface area contributed by atoms with Gasteiger partial charge in [0.25, 0.3) is 0 Å². The Morgan fingerprint density at radius 1 is 1.04 bits per heavy atom. The average Bonchev–Trinajstić information content (AvgIpc) is 2.62. The van der Waals surface area contributed by atoms with Gasteiger partial charge in [0.05, 0.1) is 19.4 Å². The van der Waals surface area contributed by atoms with Crippen LogP contribution in [0.15, 0.2) is 48.5 Å². The van der Waals surface area contributed by atoms with Crippen LogP contribution in [0.25, 0.3) is 0 Å². The number of carbonyl (C=O) groups is 2. The fourth-order valence-electron chi connectivity index (χ4n) is 2.03. The normalized spacial score (nSPS) is 9.88. The van der Waals surface area contributed by atoms with Crippen molar-refractivity contribution in [3.63, 3.8) is 0 Å². The number of benzene rings is 2. The number of urea groups is 1. The van der Waals surface area contributed by atoms with Crippen molar-refractivity contribution in [3.05, 3.63) is 54.1 Å². The van der Waals surface area contributed by atoms with Crippen molar-refractivity contribution < 1.29 is 19.1 Å². The van der Waals surface area contributed by atoms with Gasteiger partial charge in [-0.2, -0.15) is 5.01 Å². The van der Waals surface area contributed by atoms with E-state index >= 15 is 0 Å². The number of aryl methyl sites for hydroxylation is 1. The summed E-state index contributed by atoms with van der Waals surface area (Å²) in [6, 6.07) is 13.5. The quantitative estimate of drug-likeness (QED) is 0.830. The molecule has 0 heterocycles. The van der Waals surface area contributed by atoms with Crippen molar-refractivity contribution in [1.82, 2.24) is 5.43 Å².